The summed E-state index contributed by atoms with van der Waals surface area (Å²) in [4.78, 5) is 21.6. The lowest BCUT2D eigenvalue weighted by Gasteiger charge is -2.37. The molecule has 0 unspecified atom stereocenters. The van der Waals surface area contributed by atoms with Crippen molar-refractivity contribution in [1.82, 2.24) is 20.4 Å². The van der Waals surface area contributed by atoms with E-state index in [-0.39, 0.29) is 5.91 Å². The summed E-state index contributed by atoms with van der Waals surface area (Å²) in [5, 5.41) is 6.29. The normalized spacial score (nSPS) is 16.0. The molecule has 0 bridgehead atoms. The van der Waals surface area contributed by atoms with Gasteiger partial charge in [-0.1, -0.05) is 13.8 Å². The smallest absolute Gasteiger partial charge is 0.287 e. The zero-order valence-corrected chi connectivity index (χ0v) is 17.3. The van der Waals surface area contributed by atoms with E-state index in [1.165, 1.54) is 6.26 Å². The molecule has 0 atom stereocenters. The van der Waals surface area contributed by atoms with E-state index in [1.54, 1.807) is 6.07 Å². The molecule has 0 radical (unpaired) electrons. The quantitative estimate of drug-likeness (QED) is 0.412. The Hall–Kier alpha value is -2.02. The van der Waals surface area contributed by atoms with Crippen LogP contribution in [0.1, 0.15) is 43.3 Å². The number of hydrogen-bond donors (Lipinski definition) is 2. The van der Waals surface area contributed by atoms with Gasteiger partial charge in [0, 0.05) is 57.9 Å². The van der Waals surface area contributed by atoms with E-state index < -0.39 is 0 Å². The van der Waals surface area contributed by atoms with Gasteiger partial charge < -0.3 is 20.0 Å². The van der Waals surface area contributed by atoms with Crippen LogP contribution in [0.25, 0.3) is 0 Å². The van der Waals surface area contributed by atoms with E-state index in [1.807, 2.05) is 6.92 Å². The summed E-state index contributed by atoms with van der Waals surface area (Å²) in [6.07, 6.45) is 2.34. The number of aryl methyl sites for hydroxylation is 1. The van der Waals surface area contributed by atoms with Gasteiger partial charge in [-0.3, -0.25) is 14.7 Å². The maximum atomic E-state index is 12.0. The maximum Gasteiger partial charge on any atom is 0.287 e. The second kappa shape index (κ2) is 11.0. The van der Waals surface area contributed by atoms with Crippen molar-refractivity contribution in [2.45, 2.75) is 34.1 Å². The molecule has 1 aromatic heterocycles. The van der Waals surface area contributed by atoms with E-state index in [4.69, 9.17) is 9.41 Å². The summed E-state index contributed by atoms with van der Waals surface area (Å²) in [5.74, 6) is 1.93. The number of piperazine rings is 1. The van der Waals surface area contributed by atoms with E-state index >= 15 is 0 Å². The molecular weight excluding hydrogens is 342 g/mol. The van der Waals surface area contributed by atoms with Crippen LogP contribution < -0.4 is 10.6 Å². The SMILES string of the molecule is CCNC(=NCCCNC(=O)c1occc1C)N1CCN(CC(C)C)CC1. The van der Waals surface area contributed by atoms with Crippen LogP contribution in [-0.2, 0) is 0 Å². The fraction of sp³-hybridized carbons (Fsp3) is 0.700. The molecule has 27 heavy (non-hydrogen) atoms. The molecule has 0 saturated carbocycles. The molecule has 2 rings (SSSR count). The number of carbonyl (C=O) groups is 1. The standard InChI is InChI=1S/C20H35N5O2/c1-5-21-20(25-12-10-24(11-13-25)15-16(2)3)23-9-6-8-22-19(26)18-17(4)7-14-27-18/h7,14,16H,5-6,8-13,15H2,1-4H3,(H,21,23)(H,22,26). The van der Waals surface area contributed by atoms with Gasteiger partial charge in [0.25, 0.3) is 5.91 Å². The van der Waals surface area contributed by atoms with Crippen LogP contribution in [0.15, 0.2) is 21.7 Å². The average molecular weight is 378 g/mol. The Bertz CT molecular complexity index is 603. The van der Waals surface area contributed by atoms with E-state index in [0.717, 1.165) is 57.2 Å². The Labute approximate surface area is 163 Å². The van der Waals surface area contributed by atoms with Crippen molar-refractivity contribution in [3.8, 4) is 0 Å². The Morgan fingerprint density at radius 3 is 2.59 bits per heavy atom. The van der Waals surface area contributed by atoms with Crippen LogP contribution in [0.4, 0.5) is 0 Å². The highest BCUT2D eigenvalue weighted by Gasteiger charge is 2.19. The molecule has 1 aliphatic rings. The summed E-state index contributed by atoms with van der Waals surface area (Å²) in [5.41, 5.74) is 0.858. The molecule has 1 saturated heterocycles. The monoisotopic (exact) mass is 377 g/mol. The first-order valence-electron chi connectivity index (χ1n) is 10.1. The van der Waals surface area contributed by atoms with Gasteiger partial charge in [0.05, 0.1) is 6.26 Å². The molecule has 0 aromatic carbocycles. The van der Waals surface area contributed by atoms with Crippen molar-refractivity contribution in [3.63, 3.8) is 0 Å². The van der Waals surface area contributed by atoms with Crippen LogP contribution in [0.5, 0.6) is 0 Å². The Morgan fingerprint density at radius 2 is 2.00 bits per heavy atom. The third kappa shape index (κ3) is 6.90. The second-order valence-corrected chi connectivity index (χ2v) is 7.46. The van der Waals surface area contributed by atoms with Gasteiger partial charge in [0.1, 0.15) is 0 Å². The molecule has 1 aliphatic heterocycles. The average Bonchev–Trinajstić information content (AvgIpc) is 3.07. The minimum atomic E-state index is -0.158. The van der Waals surface area contributed by atoms with Gasteiger partial charge in [0.15, 0.2) is 11.7 Å². The highest BCUT2D eigenvalue weighted by atomic mass is 16.3. The molecule has 0 spiro atoms. The van der Waals surface area contributed by atoms with E-state index in [0.29, 0.717) is 24.8 Å². The fourth-order valence-electron chi connectivity index (χ4n) is 3.24. The number of guanidine groups is 1. The van der Waals surface area contributed by atoms with E-state index in [2.05, 4.69) is 41.2 Å². The number of aliphatic imine (C=N–C) groups is 1. The molecule has 7 nitrogen and oxygen atoms in total. The molecule has 1 amide bonds. The van der Waals surface area contributed by atoms with Crippen LogP contribution in [0.3, 0.4) is 0 Å². The van der Waals surface area contributed by atoms with Crippen molar-refractivity contribution in [2.24, 2.45) is 10.9 Å². The van der Waals surface area contributed by atoms with Crippen LogP contribution >= 0.6 is 0 Å². The largest absolute Gasteiger partial charge is 0.459 e. The predicted octanol–water partition coefficient (Wildman–Crippen LogP) is 1.95. The zero-order valence-electron chi connectivity index (χ0n) is 17.3. The predicted molar refractivity (Wildman–Crippen MR) is 109 cm³/mol. The second-order valence-electron chi connectivity index (χ2n) is 7.46. The maximum absolute atomic E-state index is 12.0. The Morgan fingerprint density at radius 1 is 1.26 bits per heavy atom. The lowest BCUT2D eigenvalue weighted by Crippen LogP contribution is -2.53. The lowest BCUT2D eigenvalue weighted by molar-refractivity contribution is 0.0925. The molecule has 7 heteroatoms. The van der Waals surface area contributed by atoms with Gasteiger partial charge in [-0.25, -0.2) is 0 Å². The number of carbonyl (C=O) groups excluding carboxylic acids is 1. The van der Waals surface area contributed by atoms with Crippen molar-refractivity contribution in [3.05, 3.63) is 23.7 Å². The number of nitrogens with one attached hydrogen (secondary N) is 2. The van der Waals surface area contributed by atoms with Crippen LogP contribution in [0, 0.1) is 12.8 Å². The fourth-order valence-corrected chi connectivity index (χ4v) is 3.24. The molecule has 1 fully saturated rings. The number of amides is 1. The lowest BCUT2D eigenvalue weighted by atomic mass is 10.2. The third-order valence-electron chi connectivity index (χ3n) is 4.58. The van der Waals surface area contributed by atoms with E-state index in [9.17, 15) is 4.79 Å². The summed E-state index contributed by atoms with van der Waals surface area (Å²) in [6, 6.07) is 1.79. The third-order valence-corrected chi connectivity index (χ3v) is 4.58. The van der Waals surface area contributed by atoms with Gasteiger partial charge in [-0.05, 0) is 32.3 Å². The minimum absolute atomic E-state index is 0.158. The van der Waals surface area contributed by atoms with Gasteiger partial charge in [-0.2, -0.15) is 0 Å². The number of hydrogen-bond acceptors (Lipinski definition) is 4. The van der Waals surface area contributed by atoms with Crippen LogP contribution in [-0.4, -0.2) is 74.0 Å². The number of nitrogens with zero attached hydrogens (tertiary/aromatic N) is 3. The highest BCUT2D eigenvalue weighted by Crippen LogP contribution is 2.08. The summed E-state index contributed by atoms with van der Waals surface area (Å²) in [7, 11) is 0. The first-order chi connectivity index (χ1) is 13.0. The topological polar surface area (TPSA) is 73.1 Å². The number of furan rings is 1. The van der Waals surface area contributed by atoms with Gasteiger partial charge >= 0.3 is 0 Å². The molecule has 0 aliphatic carbocycles. The zero-order chi connectivity index (χ0) is 19.6. The van der Waals surface area contributed by atoms with Crippen molar-refractivity contribution >= 4 is 11.9 Å². The van der Waals surface area contributed by atoms with Gasteiger partial charge in [0.2, 0.25) is 0 Å². The number of rotatable bonds is 8. The first kappa shape index (κ1) is 21.3. The van der Waals surface area contributed by atoms with Gasteiger partial charge in [-0.15, -0.1) is 0 Å². The van der Waals surface area contributed by atoms with Crippen LogP contribution in [0.2, 0.25) is 0 Å². The Balaban J connectivity index is 1.73. The van der Waals surface area contributed by atoms with Crippen molar-refractivity contribution in [1.29, 1.82) is 0 Å². The summed E-state index contributed by atoms with van der Waals surface area (Å²) in [6.45, 7) is 16.0. The summed E-state index contributed by atoms with van der Waals surface area (Å²) >= 11 is 0. The highest BCUT2D eigenvalue weighted by molar-refractivity contribution is 5.92. The Kier molecular flexibility index (Phi) is 8.64. The molecule has 1 aromatic rings. The molecular formula is C20H35N5O2. The molecule has 2 N–H and O–H groups in total. The molecule has 2 heterocycles. The first-order valence-corrected chi connectivity index (χ1v) is 10.1. The van der Waals surface area contributed by atoms with Crippen molar-refractivity contribution in [2.75, 3.05) is 52.4 Å². The summed E-state index contributed by atoms with van der Waals surface area (Å²) < 4.78 is 5.20. The minimum Gasteiger partial charge on any atom is -0.459 e. The molecule has 152 valence electrons. The van der Waals surface area contributed by atoms with Crippen molar-refractivity contribution < 1.29 is 9.21 Å².